The van der Waals surface area contributed by atoms with Crippen molar-refractivity contribution in [3.63, 3.8) is 0 Å². The Labute approximate surface area is 127 Å². The number of hydrogen-bond donors (Lipinski definition) is 2. The fourth-order valence-electron chi connectivity index (χ4n) is 2.73. The van der Waals surface area contributed by atoms with Crippen molar-refractivity contribution in [2.45, 2.75) is 51.1 Å². The maximum atomic E-state index is 11.8. The molecule has 4 heteroatoms. The number of nitrogens with one attached hydrogen (secondary N) is 2. The number of rotatable bonds is 7. The first-order valence-electron chi connectivity index (χ1n) is 7.81. The average molecular weight is 290 g/mol. The smallest absolute Gasteiger partial charge is 0.236 e. The summed E-state index contributed by atoms with van der Waals surface area (Å²) >= 11 is 0. The van der Waals surface area contributed by atoms with Gasteiger partial charge in [-0.15, -0.1) is 0 Å². The van der Waals surface area contributed by atoms with E-state index in [1.165, 1.54) is 5.56 Å². The highest BCUT2D eigenvalue weighted by molar-refractivity contribution is 5.81. The van der Waals surface area contributed by atoms with Gasteiger partial charge in [0.25, 0.3) is 0 Å². The van der Waals surface area contributed by atoms with Crippen molar-refractivity contribution in [1.29, 1.82) is 0 Å². The molecule has 2 N–H and O–H groups in total. The van der Waals surface area contributed by atoms with Gasteiger partial charge in [0.05, 0.1) is 13.2 Å². The summed E-state index contributed by atoms with van der Waals surface area (Å²) in [6, 6.07) is 8.63. The normalized spacial score (nSPS) is 22.2. The second-order valence-electron chi connectivity index (χ2n) is 5.82. The minimum atomic E-state index is -0.113. The summed E-state index contributed by atoms with van der Waals surface area (Å²) in [5.41, 5.74) is 1.36. The molecule has 1 aromatic rings. The number of amides is 1. The molecule has 2 rings (SSSR count). The molecular weight excluding hydrogens is 264 g/mol. The van der Waals surface area contributed by atoms with Crippen LogP contribution in [0.5, 0.6) is 5.75 Å². The Hall–Kier alpha value is -1.55. The second-order valence-corrected chi connectivity index (χ2v) is 5.82. The van der Waals surface area contributed by atoms with Crippen LogP contribution in [0.15, 0.2) is 24.3 Å². The Morgan fingerprint density at radius 1 is 1.33 bits per heavy atom. The lowest BCUT2D eigenvalue weighted by Crippen LogP contribution is -2.50. The maximum absolute atomic E-state index is 11.8. The van der Waals surface area contributed by atoms with Crippen LogP contribution < -0.4 is 15.4 Å². The molecule has 0 heterocycles. The van der Waals surface area contributed by atoms with Crippen LogP contribution in [-0.2, 0) is 4.79 Å². The Morgan fingerprint density at radius 2 is 2.00 bits per heavy atom. The lowest BCUT2D eigenvalue weighted by Gasteiger charge is -2.38. The molecule has 1 amide bonds. The third kappa shape index (κ3) is 4.21. The van der Waals surface area contributed by atoms with Crippen LogP contribution in [0, 0.1) is 0 Å². The van der Waals surface area contributed by atoms with Gasteiger partial charge in [-0.25, -0.2) is 0 Å². The largest absolute Gasteiger partial charge is 0.497 e. The monoisotopic (exact) mass is 290 g/mol. The van der Waals surface area contributed by atoms with Gasteiger partial charge >= 0.3 is 0 Å². The lowest BCUT2D eigenvalue weighted by atomic mass is 9.75. The van der Waals surface area contributed by atoms with Gasteiger partial charge in [0.2, 0.25) is 5.91 Å². The highest BCUT2D eigenvalue weighted by Gasteiger charge is 2.31. The molecule has 0 saturated heterocycles. The summed E-state index contributed by atoms with van der Waals surface area (Å²) in [5.74, 6) is 1.60. The van der Waals surface area contributed by atoms with Crippen LogP contribution in [0.3, 0.4) is 0 Å². The van der Waals surface area contributed by atoms with E-state index >= 15 is 0 Å². The van der Waals surface area contributed by atoms with E-state index in [-0.39, 0.29) is 11.9 Å². The third-order valence-electron chi connectivity index (χ3n) is 4.15. The zero-order valence-corrected chi connectivity index (χ0v) is 13.2. The predicted octanol–water partition coefficient (Wildman–Crippen LogP) is 2.45. The fourth-order valence-corrected chi connectivity index (χ4v) is 2.73. The zero-order valence-electron chi connectivity index (χ0n) is 13.2. The van der Waals surface area contributed by atoms with Gasteiger partial charge in [0.1, 0.15) is 5.75 Å². The molecule has 1 fully saturated rings. The van der Waals surface area contributed by atoms with Crippen LogP contribution in [0.1, 0.15) is 44.6 Å². The molecule has 0 radical (unpaired) electrons. The summed E-state index contributed by atoms with van der Waals surface area (Å²) in [7, 11) is 1.68. The van der Waals surface area contributed by atoms with E-state index in [0.29, 0.717) is 12.0 Å². The molecule has 0 bridgehead atoms. The summed E-state index contributed by atoms with van der Waals surface area (Å²) in [6.07, 6.45) is 3.16. The molecule has 0 spiro atoms. The molecule has 1 unspecified atom stereocenters. The molecule has 0 aliphatic heterocycles. The predicted molar refractivity (Wildman–Crippen MR) is 84.7 cm³/mol. The van der Waals surface area contributed by atoms with E-state index < -0.39 is 0 Å². The SMILES string of the molecule is CCCNC(=O)C(C)NC1CC(c2ccc(OC)cc2)C1. The molecule has 1 saturated carbocycles. The minimum absolute atomic E-state index is 0.102. The van der Waals surface area contributed by atoms with Crippen LogP contribution in [-0.4, -0.2) is 31.6 Å². The van der Waals surface area contributed by atoms with Gasteiger partial charge in [-0.1, -0.05) is 19.1 Å². The first-order chi connectivity index (χ1) is 10.1. The number of methoxy groups -OCH3 is 1. The fraction of sp³-hybridized carbons (Fsp3) is 0.588. The molecular formula is C17H26N2O2. The van der Waals surface area contributed by atoms with Crippen LogP contribution in [0.25, 0.3) is 0 Å². The number of ether oxygens (including phenoxy) is 1. The van der Waals surface area contributed by atoms with E-state index in [0.717, 1.165) is 31.6 Å². The van der Waals surface area contributed by atoms with Crippen molar-refractivity contribution >= 4 is 5.91 Å². The minimum Gasteiger partial charge on any atom is -0.497 e. The van der Waals surface area contributed by atoms with Crippen LogP contribution >= 0.6 is 0 Å². The molecule has 0 aromatic heterocycles. The van der Waals surface area contributed by atoms with Gasteiger partial charge in [-0.05, 0) is 49.8 Å². The molecule has 116 valence electrons. The number of hydrogen-bond acceptors (Lipinski definition) is 3. The zero-order chi connectivity index (χ0) is 15.2. The van der Waals surface area contributed by atoms with Gasteiger partial charge in [0.15, 0.2) is 0 Å². The first-order valence-corrected chi connectivity index (χ1v) is 7.81. The van der Waals surface area contributed by atoms with Crippen molar-refractivity contribution in [2.75, 3.05) is 13.7 Å². The Kier molecular flexibility index (Phi) is 5.62. The quantitative estimate of drug-likeness (QED) is 0.811. The van der Waals surface area contributed by atoms with Crippen molar-refractivity contribution in [3.05, 3.63) is 29.8 Å². The van der Waals surface area contributed by atoms with Gasteiger partial charge < -0.3 is 15.4 Å². The van der Waals surface area contributed by atoms with Gasteiger partial charge in [-0.3, -0.25) is 4.79 Å². The number of carbonyl (C=O) groups is 1. The van der Waals surface area contributed by atoms with Crippen molar-refractivity contribution in [3.8, 4) is 5.75 Å². The molecule has 21 heavy (non-hydrogen) atoms. The summed E-state index contributed by atoms with van der Waals surface area (Å²) < 4.78 is 5.18. The van der Waals surface area contributed by atoms with E-state index in [1.807, 2.05) is 19.1 Å². The topological polar surface area (TPSA) is 50.4 Å². The van der Waals surface area contributed by atoms with E-state index in [4.69, 9.17) is 4.74 Å². The third-order valence-corrected chi connectivity index (χ3v) is 4.15. The average Bonchev–Trinajstić information content (AvgIpc) is 2.48. The Balaban J connectivity index is 1.74. The highest BCUT2D eigenvalue weighted by Crippen LogP contribution is 2.37. The molecule has 1 aromatic carbocycles. The molecule has 1 aliphatic rings. The van der Waals surface area contributed by atoms with Crippen molar-refractivity contribution in [1.82, 2.24) is 10.6 Å². The molecule has 4 nitrogen and oxygen atoms in total. The maximum Gasteiger partial charge on any atom is 0.236 e. The lowest BCUT2D eigenvalue weighted by molar-refractivity contribution is -0.123. The standard InChI is InChI=1S/C17H26N2O2/c1-4-9-18-17(20)12(2)19-15-10-14(11-15)13-5-7-16(21-3)8-6-13/h5-8,12,14-15,19H,4,9-11H2,1-3H3,(H,18,20). The van der Waals surface area contributed by atoms with Gasteiger partial charge in [-0.2, -0.15) is 0 Å². The number of benzene rings is 1. The van der Waals surface area contributed by atoms with Gasteiger partial charge in [0, 0.05) is 12.6 Å². The van der Waals surface area contributed by atoms with Crippen molar-refractivity contribution in [2.24, 2.45) is 0 Å². The number of carbonyl (C=O) groups excluding carboxylic acids is 1. The summed E-state index contributed by atoms with van der Waals surface area (Å²) in [6.45, 7) is 4.75. The Bertz CT molecular complexity index is 452. The first kappa shape index (κ1) is 15.8. The molecule has 1 aliphatic carbocycles. The second kappa shape index (κ2) is 7.46. The van der Waals surface area contributed by atoms with Crippen LogP contribution in [0.2, 0.25) is 0 Å². The van der Waals surface area contributed by atoms with E-state index in [9.17, 15) is 4.79 Å². The van der Waals surface area contributed by atoms with Crippen molar-refractivity contribution < 1.29 is 9.53 Å². The van der Waals surface area contributed by atoms with E-state index in [2.05, 4.69) is 29.7 Å². The highest BCUT2D eigenvalue weighted by atomic mass is 16.5. The van der Waals surface area contributed by atoms with Crippen LogP contribution in [0.4, 0.5) is 0 Å². The summed E-state index contributed by atoms with van der Waals surface area (Å²) in [4.78, 5) is 11.8. The Morgan fingerprint density at radius 3 is 2.57 bits per heavy atom. The molecule has 1 atom stereocenters. The van der Waals surface area contributed by atoms with E-state index in [1.54, 1.807) is 7.11 Å². The summed E-state index contributed by atoms with van der Waals surface area (Å²) in [5, 5.41) is 6.34.